The molecule has 0 fully saturated rings. The van der Waals surface area contributed by atoms with Crippen LogP contribution in [0.1, 0.15) is 50.6 Å². The molecule has 2 N–H and O–H groups in total. The first kappa shape index (κ1) is 14.0. The number of hydrogen-bond acceptors (Lipinski definition) is 1. The maximum Gasteiger partial charge on any atom is 0.0417 e. The summed E-state index contributed by atoms with van der Waals surface area (Å²) in [6.07, 6.45) is 6.08. The second-order valence-corrected chi connectivity index (χ2v) is 5.41. The molecule has 0 aliphatic carbocycles. The van der Waals surface area contributed by atoms with Gasteiger partial charge in [-0.3, -0.25) is 0 Å². The molecule has 0 aliphatic rings. The quantitative estimate of drug-likeness (QED) is 0.729. The third-order valence-electron chi connectivity index (χ3n) is 2.73. The number of benzene rings is 1. The third-order valence-corrected chi connectivity index (χ3v) is 3.65. The fraction of sp³-hybridized carbons (Fsp3) is 0.538. The molecule has 90 valence electrons. The number of halogens is 2. The van der Waals surface area contributed by atoms with E-state index in [0.29, 0.717) is 0 Å². The van der Waals surface area contributed by atoms with Gasteiger partial charge in [0.25, 0.3) is 0 Å². The van der Waals surface area contributed by atoms with Gasteiger partial charge in [0.2, 0.25) is 0 Å². The Morgan fingerprint density at radius 1 is 1.31 bits per heavy atom. The lowest BCUT2D eigenvalue weighted by Gasteiger charge is -2.13. The Hall–Kier alpha value is -0.0500. The van der Waals surface area contributed by atoms with Gasteiger partial charge in [-0.15, -0.1) is 0 Å². The summed E-state index contributed by atoms with van der Waals surface area (Å²) in [6.45, 7) is 2.22. The van der Waals surface area contributed by atoms with Gasteiger partial charge in [-0.25, -0.2) is 0 Å². The number of hydrogen-bond donors (Lipinski definition) is 1. The summed E-state index contributed by atoms with van der Waals surface area (Å²) in [6, 6.07) is 5.93. The third kappa shape index (κ3) is 4.44. The molecule has 1 atom stereocenters. The topological polar surface area (TPSA) is 26.0 Å². The van der Waals surface area contributed by atoms with Crippen molar-refractivity contribution < 1.29 is 0 Å². The molecule has 1 aromatic rings. The van der Waals surface area contributed by atoms with Gasteiger partial charge >= 0.3 is 0 Å². The van der Waals surface area contributed by atoms with Gasteiger partial charge in [0, 0.05) is 15.5 Å². The average molecular weight is 305 g/mol. The lowest BCUT2D eigenvalue weighted by atomic mass is 10.0. The van der Waals surface area contributed by atoms with E-state index in [4.69, 9.17) is 17.3 Å². The number of rotatable bonds is 6. The van der Waals surface area contributed by atoms with E-state index in [9.17, 15) is 0 Å². The van der Waals surface area contributed by atoms with Gasteiger partial charge in [0.15, 0.2) is 0 Å². The second kappa shape index (κ2) is 7.31. The summed E-state index contributed by atoms with van der Waals surface area (Å²) in [5, 5.41) is 0.744. The molecule has 0 saturated carbocycles. The molecule has 0 heterocycles. The maximum atomic E-state index is 6.16. The molecule has 3 heteroatoms. The molecule has 0 aromatic heterocycles. The summed E-state index contributed by atoms with van der Waals surface area (Å²) >= 11 is 9.40. The van der Waals surface area contributed by atoms with Gasteiger partial charge in [-0.1, -0.05) is 66.2 Å². The number of unbranched alkanes of at least 4 members (excludes halogenated alkanes) is 3. The summed E-state index contributed by atoms with van der Waals surface area (Å²) in [5.41, 5.74) is 7.31. The molecule has 1 rings (SSSR count). The van der Waals surface area contributed by atoms with Crippen LogP contribution in [0.2, 0.25) is 5.02 Å². The van der Waals surface area contributed by atoms with Crippen LogP contribution in [0, 0.1) is 0 Å². The first-order chi connectivity index (χ1) is 7.65. The Balaban J connectivity index is 2.49. The zero-order chi connectivity index (χ0) is 12.0. The summed E-state index contributed by atoms with van der Waals surface area (Å²) in [5.74, 6) is 0. The van der Waals surface area contributed by atoms with Crippen molar-refractivity contribution in [2.24, 2.45) is 5.73 Å². The van der Waals surface area contributed by atoms with Crippen LogP contribution in [0.25, 0.3) is 0 Å². The van der Waals surface area contributed by atoms with Crippen molar-refractivity contribution in [1.29, 1.82) is 0 Å². The normalized spacial score (nSPS) is 12.8. The maximum absolute atomic E-state index is 6.16. The lowest BCUT2D eigenvalue weighted by Crippen LogP contribution is -2.10. The molecule has 0 radical (unpaired) electrons. The first-order valence-electron chi connectivity index (χ1n) is 5.85. The van der Waals surface area contributed by atoms with Gasteiger partial charge < -0.3 is 5.73 Å². The number of nitrogens with two attached hydrogens (primary N) is 1. The molecule has 0 bridgehead atoms. The minimum atomic E-state index is 0.114. The Morgan fingerprint density at radius 3 is 2.69 bits per heavy atom. The SMILES string of the molecule is CCCCCCC(N)c1ccc(Cl)cc1Br. The highest BCUT2D eigenvalue weighted by Gasteiger charge is 2.09. The van der Waals surface area contributed by atoms with E-state index in [-0.39, 0.29) is 6.04 Å². The van der Waals surface area contributed by atoms with E-state index in [1.165, 1.54) is 25.7 Å². The first-order valence-corrected chi connectivity index (χ1v) is 7.02. The smallest absolute Gasteiger partial charge is 0.0417 e. The van der Waals surface area contributed by atoms with Crippen molar-refractivity contribution in [3.8, 4) is 0 Å². The summed E-state index contributed by atoms with van der Waals surface area (Å²) < 4.78 is 1.02. The molecule has 0 saturated heterocycles. The second-order valence-electron chi connectivity index (χ2n) is 4.12. The van der Waals surface area contributed by atoms with Crippen LogP contribution < -0.4 is 5.73 Å². The van der Waals surface area contributed by atoms with Crippen molar-refractivity contribution in [3.63, 3.8) is 0 Å². The Labute approximate surface area is 111 Å². The summed E-state index contributed by atoms with van der Waals surface area (Å²) in [4.78, 5) is 0. The minimum Gasteiger partial charge on any atom is -0.324 e. The van der Waals surface area contributed by atoms with Crippen LogP contribution in [0.4, 0.5) is 0 Å². The highest BCUT2D eigenvalue weighted by Crippen LogP contribution is 2.28. The van der Waals surface area contributed by atoms with Crippen LogP contribution in [-0.2, 0) is 0 Å². The zero-order valence-electron chi connectivity index (χ0n) is 9.68. The monoisotopic (exact) mass is 303 g/mol. The van der Waals surface area contributed by atoms with Gasteiger partial charge in [0.05, 0.1) is 0 Å². The van der Waals surface area contributed by atoms with Crippen molar-refractivity contribution in [3.05, 3.63) is 33.3 Å². The van der Waals surface area contributed by atoms with Crippen molar-refractivity contribution >= 4 is 27.5 Å². The highest BCUT2D eigenvalue weighted by atomic mass is 79.9. The molecule has 16 heavy (non-hydrogen) atoms. The Morgan fingerprint density at radius 2 is 2.06 bits per heavy atom. The fourth-order valence-electron chi connectivity index (χ4n) is 1.75. The average Bonchev–Trinajstić information content (AvgIpc) is 2.24. The molecule has 1 aromatic carbocycles. The van der Waals surface area contributed by atoms with E-state index in [0.717, 1.165) is 21.5 Å². The van der Waals surface area contributed by atoms with Gasteiger partial charge in [0.1, 0.15) is 0 Å². The standard InChI is InChI=1S/C13H19BrClN/c1-2-3-4-5-6-13(16)11-8-7-10(15)9-12(11)14/h7-9,13H,2-6,16H2,1H3. The molecule has 1 unspecified atom stereocenters. The molecular weight excluding hydrogens is 286 g/mol. The van der Waals surface area contributed by atoms with Crippen LogP contribution in [0.15, 0.2) is 22.7 Å². The van der Waals surface area contributed by atoms with E-state index >= 15 is 0 Å². The zero-order valence-corrected chi connectivity index (χ0v) is 12.0. The Kier molecular flexibility index (Phi) is 6.40. The Bertz CT molecular complexity index is 328. The van der Waals surface area contributed by atoms with E-state index in [1.807, 2.05) is 18.2 Å². The van der Waals surface area contributed by atoms with Crippen molar-refractivity contribution in [2.45, 2.75) is 45.1 Å². The summed E-state index contributed by atoms with van der Waals surface area (Å²) in [7, 11) is 0. The van der Waals surface area contributed by atoms with Gasteiger partial charge in [-0.05, 0) is 24.1 Å². The molecule has 0 spiro atoms. The van der Waals surface area contributed by atoms with E-state index in [1.54, 1.807) is 0 Å². The molecular formula is C13H19BrClN. The minimum absolute atomic E-state index is 0.114. The fourth-order valence-corrected chi connectivity index (χ4v) is 2.73. The van der Waals surface area contributed by atoms with Crippen LogP contribution >= 0.6 is 27.5 Å². The van der Waals surface area contributed by atoms with Crippen LogP contribution in [0.5, 0.6) is 0 Å². The largest absolute Gasteiger partial charge is 0.324 e. The van der Waals surface area contributed by atoms with Crippen molar-refractivity contribution in [2.75, 3.05) is 0 Å². The predicted octanol–water partition coefficient (Wildman–Crippen LogP) is 5.07. The van der Waals surface area contributed by atoms with E-state index in [2.05, 4.69) is 22.9 Å². The van der Waals surface area contributed by atoms with Gasteiger partial charge in [-0.2, -0.15) is 0 Å². The predicted molar refractivity (Wildman–Crippen MR) is 74.8 cm³/mol. The highest BCUT2D eigenvalue weighted by molar-refractivity contribution is 9.10. The molecule has 1 nitrogen and oxygen atoms in total. The van der Waals surface area contributed by atoms with Crippen LogP contribution in [-0.4, -0.2) is 0 Å². The molecule has 0 aliphatic heterocycles. The van der Waals surface area contributed by atoms with E-state index < -0.39 is 0 Å². The van der Waals surface area contributed by atoms with Crippen LogP contribution in [0.3, 0.4) is 0 Å². The van der Waals surface area contributed by atoms with Crippen molar-refractivity contribution in [1.82, 2.24) is 0 Å². The molecule has 0 amide bonds. The lowest BCUT2D eigenvalue weighted by molar-refractivity contribution is 0.565.